The molecule has 1 unspecified atom stereocenters. The van der Waals surface area contributed by atoms with E-state index in [0.717, 1.165) is 11.3 Å². The molecule has 4 nitrogen and oxygen atoms in total. The molecule has 3 rings (SSSR count). The van der Waals surface area contributed by atoms with Crippen molar-refractivity contribution in [1.82, 2.24) is 4.98 Å². The van der Waals surface area contributed by atoms with Crippen molar-refractivity contribution >= 4 is 23.2 Å². The predicted molar refractivity (Wildman–Crippen MR) is 68.6 cm³/mol. The fraction of sp³-hybridized carbons (Fsp3) is 0.231. The zero-order valence-electron chi connectivity index (χ0n) is 9.54. The van der Waals surface area contributed by atoms with Crippen molar-refractivity contribution in [2.75, 3.05) is 11.4 Å². The molecule has 0 saturated carbocycles. The van der Waals surface area contributed by atoms with E-state index in [-0.39, 0.29) is 11.3 Å². The SMILES string of the molecule is O=C1CC(Cl)CN1c1cccc(-c2cnco2)c1. The molecule has 0 aliphatic carbocycles. The third-order valence-electron chi connectivity index (χ3n) is 2.95. The summed E-state index contributed by atoms with van der Waals surface area (Å²) in [7, 11) is 0. The van der Waals surface area contributed by atoms with Crippen molar-refractivity contribution in [3.05, 3.63) is 36.9 Å². The van der Waals surface area contributed by atoms with E-state index in [1.807, 2.05) is 24.3 Å². The molecule has 0 N–H and O–H groups in total. The normalized spacial score (nSPS) is 19.5. The van der Waals surface area contributed by atoms with Gasteiger partial charge in [-0.05, 0) is 12.1 Å². The Hall–Kier alpha value is -1.81. The molecule has 1 aliphatic rings. The molecule has 1 amide bonds. The minimum Gasteiger partial charge on any atom is -0.444 e. The zero-order valence-corrected chi connectivity index (χ0v) is 10.3. The van der Waals surface area contributed by atoms with Crippen LogP contribution < -0.4 is 4.90 Å². The number of hydrogen-bond acceptors (Lipinski definition) is 3. The molecule has 18 heavy (non-hydrogen) atoms. The number of rotatable bonds is 2. The Kier molecular flexibility index (Phi) is 2.80. The van der Waals surface area contributed by atoms with Crippen molar-refractivity contribution in [2.45, 2.75) is 11.8 Å². The van der Waals surface area contributed by atoms with Gasteiger partial charge in [0.2, 0.25) is 5.91 Å². The second kappa shape index (κ2) is 4.46. The van der Waals surface area contributed by atoms with Gasteiger partial charge in [-0.25, -0.2) is 4.98 Å². The molecule has 1 saturated heterocycles. The molecule has 5 heteroatoms. The van der Waals surface area contributed by atoms with Gasteiger partial charge in [0.15, 0.2) is 12.2 Å². The summed E-state index contributed by atoms with van der Waals surface area (Å²) in [5.74, 6) is 0.746. The molecule has 0 bridgehead atoms. The standard InChI is InChI=1S/C13H11ClN2O2/c14-10-5-13(17)16(7-10)11-3-1-2-9(4-11)12-6-15-8-18-12/h1-4,6,8,10H,5,7H2. The summed E-state index contributed by atoms with van der Waals surface area (Å²) in [5.41, 5.74) is 1.74. The first-order valence-corrected chi connectivity index (χ1v) is 6.11. The smallest absolute Gasteiger partial charge is 0.228 e. The highest BCUT2D eigenvalue weighted by atomic mass is 35.5. The van der Waals surface area contributed by atoms with Crippen LogP contribution in [0.1, 0.15) is 6.42 Å². The Labute approximate surface area is 109 Å². The van der Waals surface area contributed by atoms with Crippen LogP contribution in [-0.4, -0.2) is 22.8 Å². The molecule has 1 atom stereocenters. The van der Waals surface area contributed by atoms with Crippen LogP contribution in [0.2, 0.25) is 0 Å². The highest BCUT2D eigenvalue weighted by molar-refractivity contribution is 6.24. The lowest BCUT2D eigenvalue weighted by molar-refractivity contribution is -0.117. The number of oxazole rings is 1. The van der Waals surface area contributed by atoms with Gasteiger partial charge in [-0.1, -0.05) is 12.1 Å². The van der Waals surface area contributed by atoms with Crippen LogP contribution >= 0.6 is 11.6 Å². The van der Waals surface area contributed by atoms with Gasteiger partial charge >= 0.3 is 0 Å². The summed E-state index contributed by atoms with van der Waals surface area (Å²) in [5, 5.41) is -0.105. The van der Waals surface area contributed by atoms with Crippen LogP contribution in [0, 0.1) is 0 Å². The fourth-order valence-electron chi connectivity index (χ4n) is 2.10. The van der Waals surface area contributed by atoms with Gasteiger partial charge in [0.1, 0.15) is 0 Å². The van der Waals surface area contributed by atoms with Gasteiger partial charge in [0.05, 0.1) is 11.6 Å². The second-order valence-electron chi connectivity index (χ2n) is 4.22. The average molecular weight is 263 g/mol. The van der Waals surface area contributed by atoms with E-state index in [4.69, 9.17) is 16.0 Å². The van der Waals surface area contributed by atoms with E-state index in [1.54, 1.807) is 11.1 Å². The summed E-state index contributed by atoms with van der Waals surface area (Å²) in [4.78, 5) is 17.4. The monoisotopic (exact) mass is 262 g/mol. The summed E-state index contributed by atoms with van der Waals surface area (Å²) in [6.45, 7) is 0.556. The molecule has 2 aromatic rings. The quantitative estimate of drug-likeness (QED) is 0.782. The van der Waals surface area contributed by atoms with Gasteiger partial charge in [0.25, 0.3) is 0 Å². The largest absolute Gasteiger partial charge is 0.444 e. The Bertz CT molecular complexity index is 568. The molecule has 2 heterocycles. The van der Waals surface area contributed by atoms with Crippen LogP contribution in [-0.2, 0) is 4.79 Å². The molecule has 1 aromatic heterocycles. The van der Waals surface area contributed by atoms with Gasteiger partial charge in [-0.3, -0.25) is 4.79 Å². The van der Waals surface area contributed by atoms with E-state index in [9.17, 15) is 4.79 Å². The lowest BCUT2D eigenvalue weighted by Gasteiger charge is -2.16. The number of nitrogens with zero attached hydrogens (tertiary/aromatic N) is 2. The first kappa shape index (κ1) is 11.3. The van der Waals surface area contributed by atoms with Gasteiger partial charge in [0, 0.05) is 24.2 Å². The van der Waals surface area contributed by atoms with E-state index >= 15 is 0 Å². The number of carbonyl (C=O) groups excluding carboxylic acids is 1. The number of halogens is 1. The third kappa shape index (κ3) is 1.99. The Balaban J connectivity index is 1.94. The highest BCUT2D eigenvalue weighted by Crippen LogP contribution is 2.28. The molecule has 0 radical (unpaired) electrons. The number of amides is 1. The minimum absolute atomic E-state index is 0.0599. The number of benzene rings is 1. The fourth-order valence-corrected chi connectivity index (χ4v) is 2.37. The van der Waals surface area contributed by atoms with E-state index in [0.29, 0.717) is 18.7 Å². The van der Waals surface area contributed by atoms with Gasteiger partial charge in [-0.2, -0.15) is 0 Å². The van der Waals surface area contributed by atoms with Crippen molar-refractivity contribution in [2.24, 2.45) is 0 Å². The van der Waals surface area contributed by atoms with Crippen LogP contribution in [0.3, 0.4) is 0 Å². The lowest BCUT2D eigenvalue weighted by Crippen LogP contribution is -2.24. The average Bonchev–Trinajstić information content (AvgIpc) is 2.99. The molecular weight excluding hydrogens is 252 g/mol. The maximum atomic E-state index is 11.8. The number of carbonyl (C=O) groups is 1. The Morgan fingerprint density at radius 3 is 3.00 bits per heavy atom. The van der Waals surface area contributed by atoms with Crippen LogP contribution in [0.5, 0.6) is 0 Å². The van der Waals surface area contributed by atoms with Crippen molar-refractivity contribution < 1.29 is 9.21 Å². The number of aromatic nitrogens is 1. The number of anilines is 1. The summed E-state index contributed by atoms with van der Waals surface area (Å²) >= 11 is 6.00. The molecule has 92 valence electrons. The van der Waals surface area contributed by atoms with Crippen LogP contribution in [0.25, 0.3) is 11.3 Å². The van der Waals surface area contributed by atoms with E-state index in [1.165, 1.54) is 6.39 Å². The van der Waals surface area contributed by atoms with Crippen LogP contribution in [0.4, 0.5) is 5.69 Å². The van der Waals surface area contributed by atoms with Crippen molar-refractivity contribution in [1.29, 1.82) is 0 Å². The maximum Gasteiger partial charge on any atom is 0.228 e. The summed E-state index contributed by atoms with van der Waals surface area (Å²) in [6, 6.07) is 7.62. The molecule has 0 spiro atoms. The lowest BCUT2D eigenvalue weighted by atomic mass is 10.1. The highest BCUT2D eigenvalue weighted by Gasteiger charge is 2.29. The second-order valence-corrected chi connectivity index (χ2v) is 4.84. The first-order valence-electron chi connectivity index (χ1n) is 5.67. The number of alkyl halides is 1. The number of hydrogen-bond donors (Lipinski definition) is 0. The molecule has 1 aliphatic heterocycles. The van der Waals surface area contributed by atoms with E-state index < -0.39 is 0 Å². The van der Waals surface area contributed by atoms with Gasteiger partial charge in [-0.15, -0.1) is 11.6 Å². The van der Waals surface area contributed by atoms with Crippen molar-refractivity contribution in [3.8, 4) is 11.3 Å². The molecule has 1 aromatic carbocycles. The van der Waals surface area contributed by atoms with E-state index in [2.05, 4.69) is 4.98 Å². The van der Waals surface area contributed by atoms with Gasteiger partial charge < -0.3 is 9.32 Å². The molecular formula is C13H11ClN2O2. The first-order chi connectivity index (χ1) is 8.74. The Morgan fingerprint density at radius 2 is 2.33 bits per heavy atom. The topological polar surface area (TPSA) is 46.3 Å². The predicted octanol–water partition coefficient (Wildman–Crippen LogP) is 2.69. The minimum atomic E-state index is -0.105. The maximum absolute atomic E-state index is 11.8. The Morgan fingerprint density at radius 1 is 1.44 bits per heavy atom. The zero-order chi connectivity index (χ0) is 12.5. The third-order valence-corrected chi connectivity index (χ3v) is 3.24. The summed E-state index contributed by atoms with van der Waals surface area (Å²) < 4.78 is 5.24. The van der Waals surface area contributed by atoms with Crippen molar-refractivity contribution in [3.63, 3.8) is 0 Å². The summed E-state index contributed by atoms with van der Waals surface area (Å²) in [6.07, 6.45) is 3.43. The molecule has 1 fully saturated rings. The van der Waals surface area contributed by atoms with Crippen LogP contribution in [0.15, 0.2) is 41.3 Å².